The van der Waals surface area contributed by atoms with Crippen molar-refractivity contribution in [3.63, 3.8) is 0 Å². The van der Waals surface area contributed by atoms with Gasteiger partial charge in [0.05, 0.1) is 17.2 Å². The van der Waals surface area contributed by atoms with Gasteiger partial charge in [0.1, 0.15) is 0 Å². The monoisotopic (exact) mass is 274 g/mol. The first-order chi connectivity index (χ1) is 8.10. The lowest BCUT2D eigenvalue weighted by molar-refractivity contribution is 0.0526. The molecule has 0 radical (unpaired) electrons. The maximum atomic E-state index is 11.5. The average molecular weight is 275 g/mol. The fraction of sp³-hybridized carbons (Fsp3) is 0.333. The van der Waals surface area contributed by atoms with E-state index in [1.54, 1.807) is 13.0 Å². The van der Waals surface area contributed by atoms with Crippen molar-refractivity contribution in [1.82, 2.24) is 0 Å². The number of esters is 1. The molecular formula is C12H12Cl2O3. The van der Waals surface area contributed by atoms with Crippen molar-refractivity contribution in [2.24, 2.45) is 0 Å². The molecule has 0 aliphatic carbocycles. The molecule has 1 aromatic rings. The van der Waals surface area contributed by atoms with Gasteiger partial charge in [-0.05, 0) is 19.1 Å². The van der Waals surface area contributed by atoms with E-state index in [4.69, 9.17) is 27.9 Å². The van der Waals surface area contributed by atoms with Crippen LogP contribution < -0.4 is 0 Å². The van der Waals surface area contributed by atoms with Gasteiger partial charge in [-0.3, -0.25) is 4.79 Å². The molecule has 0 amide bonds. The van der Waals surface area contributed by atoms with Crippen molar-refractivity contribution in [3.05, 3.63) is 34.3 Å². The van der Waals surface area contributed by atoms with Crippen LogP contribution in [0.15, 0.2) is 18.2 Å². The van der Waals surface area contributed by atoms with Gasteiger partial charge in [-0.15, -0.1) is 11.6 Å². The summed E-state index contributed by atoms with van der Waals surface area (Å²) in [7, 11) is 0. The number of hydrogen-bond acceptors (Lipinski definition) is 3. The molecule has 0 atom stereocenters. The first-order valence-electron chi connectivity index (χ1n) is 5.16. The Morgan fingerprint density at radius 1 is 1.35 bits per heavy atom. The van der Waals surface area contributed by atoms with Crippen molar-refractivity contribution in [1.29, 1.82) is 0 Å². The molecule has 3 nitrogen and oxygen atoms in total. The molecule has 0 aliphatic rings. The van der Waals surface area contributed by atoms with Gasteiger partial charge in [-0.2, -0.15) is 0 Å². The lowest BCUT2D eigenvalue weighted by Gasteiger charge is -2.05. The van der Waals surface area contributed by atoms with Crippen molar-refractivity contribution >= 4 is 35.0 Å². The van der Waals surface area contributed by atoms with Gasteiger partial charge in [0.15, 0.2) is 5.78 Å². The molecule has 92 valence electrons. The Kier molecular flexibility index (Phi) is 5.45. The van der Waals surface area contributed by atoms with Gasteiger partial charge in [0.25, 0.3) is 0 Å². The standard InChI is InChI=1S/C12H12Cl2O3/c1-2-17-12(16)9-4-3-8(7-10(9)14)11(15)5-6-13/h3-4,7H,2,5-6H2,1H3. The number of carbonyl (C=O) groups is 2. The largest absolute Gasteiger partial charge is 0.462 e. The minimum Gasteiger partial charge on any atom is -0.462 e. The van der Waals surface area contributed by atoms with Crippen LogP contribution in [0.2, 0.25) is 5.02 Å². The Labute approximate surface area is 110 Å². The summed E-state index contributed by atoms with van der Waals surface area (Å²) < 4.78 is 4.83. The second-order valence-corrected chi connectivity index (χ2v) is 4.06. The third kappa shape index (κ3) is 3.72. The number of rotatable bonds is 5. The molecule has 0 saturated carbocycles. The summed E-state index contributed by atoms with van der Waals surface area (Å²) in [4.78, 5) is 23.0. The topological polar surface area (TPSA) is 43.4 Å². The number of ether oxygens (including phenoxy) is 1. The smallest absolute Gasteiger partial charge is 0.339 e. The van der Waals surface area contributed by atoms with Gasteiger partial charge in [-0.25, -0.2) is 4.79 Å². The number of halogens is 2. The van der Waals surface area contributed by atoms with Gasteiger partial charge >= 0.3 is 5.97 Å². The Hall–Kier alpha value is -1.06. The second-order valence-electron chi connectivity index (χ2n) is 3.28. The number of hydrogen-bond donors (Lipinski definition) is 0. The van der Waals surface area contributed by atoms with E-state index in [2.05, 4.69) is 0 Å². The first kappa shape index (κ1) is 14.0. The predicted molar refractivity (Wildman–Crippen MR) is 67.1 cm³/mol. The summed E-state index contributed by atoms with van der Waals surface area (Å²) in [6.07, 6.45) is 0.247. The maximum Gasteiger partial charge on any atom is 0.339 e. The summed E-state index contributed by atoms with van der Waals surface area (Å²) in [6.45, 7) is 1.99. The van der Waals surface area contributed by atoms with Gasteiger partial charge in [-0.1, -0.05) is 17.7 Å². The molecule has 1 rings (SSSR count). The molecule has 0 fully saturated rings. The van der Waals surface area contributed by atoms with Crippen molar-refractivity contribution in [3.8, 4) is 0 Å². The maximum absolute atomic E-state index is 11.5. The third-order valence-corrected chi connectivity index (χ3v) is 2.61. The van der Waals surface area contributed by atoms with Crippen LogP contribution in [0.5, 0.6) is 0 Å². The van der Waals surface area contributed by atoms with Crippen LogP contribution in [-0.2, 0) is 4.74 Å². The predicted octanol–water partition coefficient (Wildman–Crippen LogP) is 3.33. The number of alkyl halides is 1. The zero-order valence-electron chi connectivity index (χ0n) is 9.33. The zero-order valence-corrected chi connectivity index (χ0v) is 10.8. The molecule has 0 aromatic heterocycles. The van der Waals surface area contributed by atoms with E-state index in [1.807, 2.05) is 0 Å². The third-order valence-electron chi connectivity index (χ3n) is 2.11. The lowest BCUT2D eigenvalue weighted by Crippen LogP contribution is -2.07. The van der Waals surface area contributed by atoms with E-state index in [1.165, 1.54) is 12.1 Å². The SMILES string of the molecule is CCOC(=O)c1ccc(C(=O)CCCl)cc1Cl. The highest BCUT2D eigenvalue weighted by molar-refractivity contribution is 6.34. The Morgan fingerprint density at radius 2 is 2.06 bits per heavy atom. The molecule has 0 aliphatic heterocycles. The van der Waals surface area contributed by atoms with E-state index in [0.29, 0.717) is 5.56 Å². The van der Waals surface area contributed by atoms with Crippen molar-refractivity contribution in [2.45, 2.75) is 13.3 Å². The van der Waals surface area contributed by atoms with E-state index in [9.17, 15) is 9.59 Å². The minimum absolute atomic E-state index is 0.0997. The first-order valence-corrected chi connectivity index (χ1v) is 6.07. The fourth-order valence-electron chi connectivity index (χ4n) is 1.29. The molecule has 0 spiro atoms. The van der Waals surface area contributed by atoms with Crippen LogP contribution in [0, 0.1) is 0 Å². The molecular weight excluding hydrogens is 263 g/mol. The van der Waals surface area contributed by atoms with Crippen LogP contribution in [0.1, 0.15) is 34.1 Å². The summed E-state index contributed by atoms with van der Waals surface area (Å²) in [6, 6.07) is 4.50. The van der Waals surface area contributed by atoms with E-state index in [0.717, 1.165) is 0 Å². The molecule has 17 heavy (non-hydrogen) atoms. The molecule has 0 heterocycles. The van der Waals surface area contributed by atoms with Gasteiger partial charge < -0.3 is 4.74 Å². The molecule has 1 aromatic carbocycles. The average Bonchev–Trinajstić information content (AvgIpc) is 2.29. The van der Waals surface area contributed by atoms with E-state index < -0.39 is 5.97 Å². The fourth-order valence-corrected chi connectivity index (χ4v) is 1.72. The summed E-state index contributed by atoms with van der Waals surface area (Å²) in [5, 5.41) is 0.212. The van der Waals surface area contributed by atoms with Crippen LogP contribution >= 0.6 is 23.2 Å². The molecule has 0 unspecified atom stereocenters. The number of ketones is 1. The lowest BCUT2D eigenvalue weighted by atomic mass is 10.1. The van der Waals surface area contributed by atoms with Crippen LogP contribution in [0.4, 0.5) is 0 Å². The molecule has 5 heteroatoms. The highest BCUT2D eigenvalue weighted by Gasteiger charge is 2.14. The number of carbonyl (C=O) groups excluding carboxylic acids is 2. The Balaban J connectivity index is 2.93. The van der Waals surface area contributed by atoms with Crippen LogP contribution in [0.3, 0.4) is 0 Å². The second kappa shape index (κ2) is 6.62. The van der Waals surface area contributed by atoms with Gasteiger partial charge in [0.2, 0.25) is 0 Å². The quantitative estimate of drug-likeness (QED) is 0.470. The number of benzene rings is 1. The number of Topliss-reactive ketones (excluding diaryl/α,β-unsaturated/α-hetero) is 1. The Bertz CT molecular complexity index is 430. The normalized spacial score (nSPS) is 10.1. The highest BCUT2D eigenvalue weighted by Crippen LogP contribution is 2.20. The highest BCUT2D eigenvalue weighted by atomic mass is 35.5. The van der Waals surface area contributed by atoms with Gasteiger partial charge in [0, 0.05) is 17.9 Å². The molecule has 0 N–H and O–H groups in total. The molecule has 0 saturated heterocycles. The van der Waals surface area contributed by atoms with Crippen LogP contribution in [0.25, 0.3) is 0 Å². The summed E-state index contributed by atoms with van der Waals surface area (Å²) in [5.74, 6) is -0.332. The zero-order chi connectivity index (χ0) is 12.8. The summed E-state index contributed by atoms with van der Waals surface area (Å²) >= 11 is 11.4. The van der Waals surface area contributed by atoms with Crippen molar-refractivity contribution in [2.75, 3.05) is 12.5 Å². The minimum atomic E-state index is -0.492. The van der Waals surface area contributed by atoms with E-state index >= 15 is 0 Å². The van der Waals surface area contributed by atoms with Crippen molar-refractivity contribution < 1.29 is 14.3 Å². The van der Waals surface area contributed by atoms with E-state index in [-0.39, 0.29) is 35.3 Å². The molecule has 0 bridgehead atoms. The summed E-state index contributed by atoms with van der Waals surface area (Å²) in [5.41, 5.74) is 0.708. The Morgan fingerprint density at radius 3 is 2.59 bits per heavy atom. The van der Waals surface area contributed by atoms with Crippen LogP contribution in [-0.4, -0.2) is 24.2 Å².